The van der Waals surface area contributed by atoms with E-state index in [0.717, 1.165) is 0 Å². The Balaban J connectivity index is 3.22. The normalized spacial score (nSPS) is 15.9. The highest BCUT2D eigenvalue weighted by Crippen LogP contribution is 2.38. The van der Waals surface area contributed by atoms with Gasteiger partial charge in [0.05, 0.1) is 5.56 Å². The van der Waals surface area contributed by atoms with Crippen LogP contribution < -0.4 is 10.9 Å². The van der Waals surface area contributed by atoms with Gasteiger partial charge in [0, 0.05) is 23.5 Å². The molecule has 0 aliphatic carbocycles. The standard InChI is InChI=1S/C13H18F4N2OS/c1-7(6-12(2,3)21(19)20)9-4-8(18)5-10(11(9)14)13(15,16)17/h4-5,7H,6,18-19H2,1-3H3. The first-order chi connectivity index (χ1) is 9.36. The Morgan fingerprint density at radius 3 is 2.24 bits per heavy atom. The lowest BCUT2D eigenvalue weighted by atomic mass is 9.89. The fourth-order valence-electron chi connectivity index (χ4n) is 2.16. The average Bonchev–Trinajstić information content (AvgIpc) is 2.29. The summed E-state index contributed by atoms with van der Waals surface area (Å²) in [4.78, 5) is 0. The van der Waals surface area contributed by atoms with Crippen LogP contribution >= 0.6 is 0 Å². The minimum absolute atomic E-state index is 0.152. The zero-order valence-electron chi connectivity index (χ0n) is 11.9. The molecule has 0 amide bonds. The van der Waals surface area contributed by atoms with Gasteiger partial charge in [0.15, 0.2) is 0 Å². The van der Waals surface area contributed by atoms with Crippen molar-refractivity contribution in [2.24, 2.45) is 5.14 Å². The summed E-state index contributed by atoms with van der Waals surface area (Å²) in [5.74, 6) is -1.96. The van der Waals surface area contributed by atoms with Crippen LogP contribution in [-0.2, 0) is 17.5 Å². The summed E-state index contributed by atoms with van der Waals surface area (Å²) >= 11 is -1.68. The number of nitrogens with two attached hydrogens (primary N) is 2. The Hall–Kier alpha value is -0.990. The molecule has 0 fully saturated rings. The molecule has 0 saturated heterocycles. The molecule has 1 aromatic carbocycles. The molecule has 8 heteroatoms. The van der Waals surface area contributed by atoms with Crippen molar-refractivity contribution in [1.82, 2.24) is 0 Å². The molecule has 0 aliphatic rings. The van der Waals surface area contributed by atoms with Crippen LogP contribution in [0.2, 0.25) is 0 Å². The Kier molecular flexibility index (Phi) is 5.18. The van der Waals surface area contributed by atoms with Gasteiger partial charge < -0.3 is 10.3 Å². The van der Waals surface area contributed by atoms with Gasteiger partial charge in [0.2, 0.25) is 0 Å². The van der Waals surface area contributed by atoms with Gasteiger partial charge in [-0.15, -0.1) is 0 Å². The second-order valence-corrected chi connectivity index (χ2v) is 7.33. The van der Waals surface area contributed by atoms with Crippen molar-refractivity contribution in [3.05, 3.63) is 29.1 Å². The first-order valence-corrected chi connectivity index (χ1v) is 7.40. The Morgan fingerprint density at radius 2 is 1.81 bits per heavy atom. The predicted octanol–water partition coefficient (Wildman–Crippen LogP) is 3.32. The highest BCUT2D eigenvalue weighted by Gasteiger charge is 2.38. The highest BCUT2D eigenvalue weighted by molar-refractivity contribution is 7.90. The predicted molar refractivity (Wildman–Crippen MR) is 75.3 cm³/mol. The molecule has 0 spiro atoms. The molecule has 4 N–H and O–H groups in total. The second kappa shape index (κ2) is 6.02. The van der Waals surface area contributed by atoms with E-state index in [4.69, 9.17) is 10.9 Å². The number of alkyl halides is 3. The molecular formula is C13H18F4N2OS. The van der Waals surface area contributed by atoms with Gasteiger partial charge in [-0.05, 0) is 37.5 Å². The second-order valence-electron chi connectivity index (χ2n) is 5.63. The van der Waals surface area contributed by atoms with Crippen LogP contribution in [-0.4, -0.2) is 9.30 Å². The number of anilines is 1. The van der Waals surface area contributed by atoms with E-state index in [1.807, 2.05) is 0 Å². The zero-order valence-corrected chi connectivity index (χ0v) is 12.7. The van der Waals surface area contributed by atoms with Gasteiger partial charge >= 0.3 is 6.18 Å². The lowest BCUT2D eigenvalue weighted by Crippen LogP contribution is -2.38. The van der Waals surface area contributed by atoms with Crippen LogP contribution in [0.25, 0.3) is 0 Å². The van der Waals surface area contributed by atoms with Gasteiger partial charge in [0.25, 0.3) is 0 Å². The van der Waals surface area contributed by atoms with Crippen LogP contribution in [0.5, 0.6) is 0 Å². The lowest BCUT2D eigenvalue weighted by Gasteiger charge is -2.28. The first kappa shape index (κ1) is 18.1. The van der Waals surface area contributed by atoms with Gasteiger partial charge in [0.1, 0.15) is 10.6 Å². The lowest BCUT2D eigenvalue weighted by molar-refractivity contribution is -0.140. The van der Waals surface area contributed by atoms with E-state index in [0.29, 0.717) is 6.07 Å². The molecular weight excluding hydrogens is 308 g/mol. The third-order valence-corrected chi connectivity index (χ3v) is 4.56. The average molecular weight is 326 g/mol. The largest absolute Gasteiger partial charge is 0.598 e. The van der Waals surface area contributed by atoms with Crippen LogP contribution in [0.15, 0.2) is 12.1 Å². The third kappa shape index (κ3) is 4.24. The molecule has 0 heterocycles. The monoisotopic (exact) mass is 326 g/mol. The molecule has 0 aromatic heterocycles. The van der Waals surface area contributed by atoms with Gasteiger partial charge in [-0.2, -0.15) is 18.3 Å². The van der Waals surface area contributed by atoms with Crippen LogP contribution in [0.1, 0.15) is 44.2 Å². The minimum Gasteiger partial charge on any atom is -0.598 e. The number of rotatable bonds is 4. The highest BCUT2D eigenvalue weighted by atomic mass is 32.2. The molecule has 1 aromatic rings. The first-order valence-electron chi connectivity index (χ1n) is 6.18. The number of hydrogen-bond donors (Lipinski definition) is 2. The Labute approximate surface area is 124 Å². The van der Waals surface area contributed by atoms with E-state index in [2.05, 4.69) is 0 Å². The van der Waals surface area contributed by atoms with Crippen LogP contribution in [0.4, 0.5) is 23.2 Å². The molecule has 0 bridgehead atoms. The molecule has 2 atom stereocenters. The fraction of sp³-hybridized carbons (Fsp3) is 0.538. The topological polar surface area (TPSA) is 75.1 Å². The third-order valence-electron chi connectivity index (χ3n) is 3.30. The zero-order chi connectivity index (χ0) is 16.6. The van der Waals surface area contributed by atoms with E-state index in [1.54, 1.807) is 20.8 Å². The van der Waals surface area contributed by atoms with Crippen molar-refractivity contribution in [2.75, 3.05) is 5.73 Å². The molecule has 0 saturated carbocycles. The molecule has 3 nitrogen and oxygen atoms in total. The minimum atomic E-state index is -4.82. The molecule has 1 rings (SSSR count). The maximum absolute atomic E-state index is 14.1. The summed E-state index contributed by atoms with van der Waals surface area (Å²) in [6.07, 6.45) is -4.66. The summed E-state index contributed by atoms with van der Waals surface area (Å²) in [5.41, 5.74) is 3.72. The van der Waals surface area contributed by atoms with Crippen molar-refractivity contribution >= 4 is 17.0 Å². The maximum Gasteiger partial charge on any atom is 0.419 e. The number of benzene rings is 1. The van der Waals surface area contributed by atoms with Gasteiger partial charge in [-0.3, -0.25) is 0 Å². The Morgan fingerprint density at radius 1 is 1.29 bits per heavy atom. The van der Waals surface area contributed by atoms with E-state index < -0.39 is 39.6 Å². The quantitative estimate of drug-likeness (QED) is 0.506. The van der Waals surface area contributed by atoms with Crippen molar-refractivity contribution in [2.45, 2.75) is 44.0 Å². The Bertz CT molecular complexity index is 518. The summed E-state index contributed by atoms with van der Waals surface area (Å²) < 4.78 is 63.0. The number of nitrogen functional groups attached to an aromatic ring is 1. The summed E-state index contributed by atoms with van der Waals surface area (Å²) in [7, 11) is 0. The summed E-state index contributed by atoms with van der Waals surface area (Å²) in [6, 6.07) is 1.74. The SMILES string of the molecule is CC(CC(C)(C)[S+](N)[O-])c1cc(N)cc(C(F)(F)F)c1F. The molecule has 0 aliphatic heterocycles. The van der Waals surface area contributed by atoms with Gasteiger partial charge in [-0.25, -0.2) is 4.39 Å². The molecule has 21 heavy (non-hydrogen) atoms. The van der Waals surface area contributed by atoms with Gasteiger partial charge in [-0.1, -0.05) is 6.92 Å². The van der Waals surface area contributed by atoms with Crippen LogP contribution in [0, 0.1) is 5.82 Å². The van der Waals surface area contributed by atoms with E-state index >= 15 is 0 Å². The maximum atomic E-state index is 14.1. The van der Waals surface area contributed by atoms with E-state index in [1.165, 1.54) is 6.07 Å². The van der Waals surface area contributed by atoms with E-state index in [9.17, 15) is 22.1 Å². The van der Waals surface area contributed by atoms with Crippen molar-refractivity contribution in [3.8, 4) is 0 Å². The summed E-state index contributed by atoms with van der Waals surface area (Å²) in [6.45, 7) is 4.76. The number of halogens is 4. The summed E-state index contributed by atoms with van der Waals surface area (Å²) in [5, 5.41) is 5.34. The molecule has 120 valence electrons. The van der Waals surface area contributed by atoms with Crippen LogP contribution in [0.3, 0.4) is 0 Å². The van der Waals surface area contributed by atoms with Crippen molar-refractivity contribution < 1.29 is 22.1 Å². The fourth-order valence-corrected chi connectivity index (χ4v) is 2.58. The van der Waals surface area contributed by atoms with E-state index in [-0.39, 0.29) is 17.7 Å². The smallest absolute Gasteiger partial charge is 0.419 e. The number of hydrogen-bond acceptors (Lipinski definition) is 3. The van der Waals surface area contributed by atoms with Crippen molar-refractivity contribution in [1.29, 1.82) is 0 Å². The van der Waals surface area contributed by atoms with Crippen molar-refractivity contribution in [3.63, 3.8) is 0 Å². The molecule has 2 unspecified atom stereocenters. The molecule has 0 radical (unpaired) electrons.